The smallest absolute Gasteiger partial charge is 0.307 e. The lowest BCUT2D eigenvalue weighted by atomic mass is 9.95. The van der Waals surface area contributed by atoms with Crippen LogP contribution in [-0.4, -0.2) is 22.1 Å². The predicted molar refractivity (Wildman–Crippen MR) is 117 cm³/mol. The molecule has 1 atom stereocenters. The number of amides is 1. The zero-order valence-corrected chi connectivity index (χ0v) is 17.5. The van der Waals surface area contributed by atoms with Crippen LogP contribution >= 0.6 is 0 Å². The minimum atomic E-state index is -0.967. The van der Waals surface area contributed by atoms with Crippen molar-refractivity contribution in [1.29, 1.82) is 0 Å². The van der Waals surface area contributed by atoms with Gasteiger partial charge in [-0.2, -0.15) is 0 Å². The predicted octanol–water partition coefficient (Wildman–Crippen LogP) is 3.78. The molecule has 0 aliphatic rings. The molecule has 0 aliphatic carbocycles. The SMILES string of the molecule is CC(O)c1cc(COc2ccccc2CC(=O)O)cc(-c2cccc(CC(N)=O)c2F)c1. The molecule has 1 amide bonds. The van der Waals surface area contributed by atoms with Gasteiger partial charge in [0.05, 0.1) is 18.9 Å². The van der Waals surface area contributed by atoms with Crippen molar-refractivity contribution in [2.45, 2.75) is 32.5 Å². The van der Waals surface area contributed by atoms with Crippen LogP contribution in [0.25, 0.3) is 11.1 Å². The van der Waals surface area contributed by atoms with E-state index in [1.807, 2.05) is 0 Å². The van der Waals surface area contributed by atoms with E-state index in [9.17, 15) is 14.7 Å². The molecule has 3 rings (SSSR count). The minimum absolute atomic E-state index is 0.0901. The highest BCUT2D eigenvalue weighted by molar-refractivity contribution is 5.78. The van der Waals surface area contributed by atoms with Gasteiger partial charge in [0.1, 0.15) is 18.2 Å². The first-order valence-corrected chi connectivity index (χ1v) is 10.0. The summed E-state index contributed by atoms with van der Waals surface area (Å²) in [5, 5.41) is 19.2. The summed E-state index contributed by atoms with van der Waals surface area (Å²) in [6.07, 6.45) is -1.19. The number of halogens is 1. The summed E-state index contributed by atoms with van der Waals surface area (Å²) >= 11 is 0. The molecule has 0 spiro atoms. The first kappa shape index (κ1) is 23.0. The summed E-state index contributed by atoms with van der Waals surface area (Å²) in [7, 11) is 0. The first-order valence-electron chi connectivity index (χ1n) is 10.0. The highest BCUT2D eigenvalue weighted by Crippen LogP contribution is 2.30. The van der Waals surface area contributed by atoms with Crippen molar-refractivity contribution in [2.75, 3.05) is 0 Å². The number of hydrogen-bond acceptors (Lipinski definition) is 4. The molecule has 3 aromatic rings. The highest BCUT2D eigenvalue weighted by atomic mass is 19.1. The van der Waals surface area contributed by atoms with E-state index in [1.165, 1.54) is 6.07 Å². The topological polar surface area (TPSA) is 110 Å². The molecule has 166 valence electrons. The van der Waals surface area contributed by atoms with Crippen LogP contribution in [0.15, 0.2) is 60.7 Å². The standard InChI is InChI=1S/C25H24FNO5/c1-15(28)19-9-16(14-32-22-8-3-2-5-17(22)13-24(30)31)10-20(11-19)21-7-4-6-18(25(21)26)12-23(27)29/h2-11,15,28H,12-14H2,1H3,(H2,27,29)(H,30,31). The van der Waals surface area contributed by atoms with Gasteiger partial charge in [-0.1, -0.05) is 36.4 Å². The van der Waals surface area contributed by atoms with Crippen molar-refractivity contribution in [1.82, 2.24) is 0 Å². The van der Waals surface area contributed by atoms with Gasteiger partial charge in [-0.3, -0.25) is 9.59 Å². The molecular weight excluding hydrogens is 413 g/mol. The number of carbonyl (C=O) groups excluding carboxylic acids is 1. The Morgan fingerprint density at radius 3 is 2.44 bits per heavy atom. The molecular formula is C25H24FNO5. The van der Waals surface area contributed by atoms with Gasteiger partial charge in [0.25, 0.3) is 0 Å². The number of primary amides is 1. The van der Waals surface area contributed by atoms with Crippen LogP contribution in [0.2, 0.25) is 0 Å². The van der Waals surface area contributed by atoms with E-state index < -0.39 is 23.8 Å². The number of carboxylic acid groups (broad SMARTS) is 1. The number of aliphatic hydroxyl groups is 1. The summed E-state index contributed by atoms with van der Waals surface area (Å²) in [5.41, 5.74) is 7.98. The molecule has 0 saturated heterocycles. The van der Waals surface area contributed by atoms with Gasteiger partial charge in [0.15, 0.2) is 0 Å². The van der Waals surface area contributed by atoms with E-state index in [0.29, 0.717) is 28.0 Å². The fourth-order valence-electron chi connectivity index (χ4n) is 3.44. The van der Waals surface area contributed by atoms with Crippen LogP contribution < -0.4 is 10.5 Å². The quantitative estimate of drug-likeness (QED) is 0.472. The van der Waals surface area contributed by atoms with Crippen molar-refractivity contribution in [3.8, 4) is 16.9 Å². The van der Waals surface area contributed by atoms with Crippen molar-refractivity contribution in [2.24, 2.45) is 5.73 Å². The van der Waals surface area contributed by atoms with Gasteiger partial charge < -0.3 is 20.7 Å². The number of carboxylic acids is 1. The Kier molecular flexibility index (Phi) is 7.22. The maximum absolute atomic E-state index is 15.1. The Morgan fingerprint density at radius 2 is 1.75 bits per heavy atom. The molecule has 6 nitrogen and oxygen atoms in total. The molecule has 0 radical (unpaired) electrons. The Labute approximate surface area is 185 Å². The lowest BCUT2D eigenvalue weighted by Gasteiger charge is -2.15. The molecule has 32 heavy (non-hydrogen) atoms. The maximum atomic E-state index is 15.1. The number of benzene rings is 3. The molecule has 4 N–H and O–H groups in total. The maximum Gasteiger partial charge on any atom is 0.307 e. The zero-order valence-electron chi connectivity index (χ0n) is 17.5. The summed E-state index contributed by atoms with van der Waals surface area (Å²) in [6.45, 7) is 1.69. The number of aliphatic carboxylic acids is 1. The largest absolute Gasteiger partial charge is 0.489 e. The van der Waals surface area contributed by atoms with E-state index in [0.717, 1.165) is 0 Å². The van der Waals surface area contributed by atoms with Gasteiger partial charge in [-0.05, 0) is 53.4 Å². The lowest BCUT2D eigenvalue weighted by molar-refractivity contribution is -0.136. The van der Waals surface area contributed by atoms with Gasteiger partial charge in [-0.15, -0.1) is 0 Å². The molecule has 0 aliphatic heterocycles. The number of aliphatic hydroxyl groups excluding tert-OH is 1. The van der Waals surface area contributed by atoms with Crippen molar-refractivity contribution in [3.05, 3.63) is 88.7 Å². The van der Waals surface area contributed by atoms with Crippen LogP contribution in [0.1, 0.15) is 35.3 Å². The number of para-hydroxylation sites is 1. The van der Waals surface area contributed by atoms with Crippen LogP contribution in [0.4, 0.5) is 4.39 Å². The van der Waals surface area contributed by atoms with Crippen LogP contribution in [0.5, 0.6) is 5.75 Å². The summed E-state index contributed by atoms with van der Waals surface area (Å²) < 4.78 is 20.9. The second kappa shape index (κ2) is 10.1. The van der Waals surface area contributed by atoms with E-state index in [-0.39, 0.29) is 30.6 Å². The third-order valence-electron chi connectivity index (χ3n) is 4.96. The first-order chi connectivity index (χ1) is 15.2. The Balaban J connectivity index is 1.95. The lowest BCUT2D eigenvalue weighted by Crippen LogP contribution is -2.14. The molecule has 0 fully saturated rings. The molecule has 3 aromatic carbocycles. The molecule has 0 heterocycles. The van der Waals surface area contributed by atoms with Crippen molar-refractivity contribution < 1.29 is 28.9 Å². The monoisotopic (exact) mass is 437 g/mol. The average Bonchev–Trinajstić information content (AvgIpc) is 2.73. The zero-order chi connectivity index (χ0) is 23.3. The summed E-state index contributed by atoms with van der Waals surface area (Å²) in [5.74, 6) is -1.71. The molecule has 0 saturated carbocycles. The highest BCUT2D eigenvalue weighted by Gasteiger charge is 2.15. The average molecular weight is 437 g/mol. The van der Waals surface area contributed by atoms with Gasteiger partial charge in [0, 0.05) is 11.1 Å². The van der Waals surface area contributed by atoms with Crippen LogP contribution in [-0.2, 0) is 29.0 Å². The Morgan fingerprint density at radius 1 is 1.03 bits per heavy atom. The van der Waals surface area contributed by atoms with E-state index >= 15 is 4.39 Å². The van der Waals surface area contributed by atoms with Gasteiger partial charge in [-0.25, -0.2) is 4.39 Å². The normalized spacial score (nSPS) is 11.7. The second-order valence-electron chi connectivity index (χ2n) is 7.53. The van der Waals surface area contributed by atoms with Gasteiger partial charge in [0.2, 0.25) is 5.91 Å². The third-order valence-corrected chi connectivity index (χ3v) is 4.96. The van der Waals surface area contributed by atoms with E-state index in [4.69, 9.17) is 15.6 Å². The number of carbonyl (C=O) groups is 2. The van der Waals surface area contributed by atoms with Crippen molar-refractivity contribution >= 4 is 11.9 Å². The number of nitrogens with two attached hydrogens (primary N) is 1. The van der Waals surface area contributed by atoms with E-state index in [2.05, 4.69) is 0 Å². The van der Waals surface area contributed by atoms with Crippen LogP contribution in [0, 0.1) is 5.82 Å². The molecule has 1 unspecified atom stereocenters. The second-order valence-corrected chi connectivity index (χ2v) is 7.53. The minimum Gasteiger partial charge on any atom is -0.489 e. The fraction of sp³-hybridized carbons (Fsp3) is 0.200. The fourth-order valence-corrected chi connectivity index (χ4v) is 3.44. The van der Waals surface area contributed by atoms with Gasteiger partial charge >= 0.3 is 5.97 Å². The Hall–Kier alpha value is -3.71. The Bertz CT molecular complexity index is 1140. The molecule has 0 aromatic heterocycles. The number of hydrogen-bond donors (Lipinski definition) is 3. The van der Waals surface area contributed by atoms with E-state index in [1.54, 1.807) is 61.5 Å². The van der Waals surface area contributed by atoms with Crippen molar-refractivity contribution in [3.63, 3.8) is 0 Å². The van der Waals surface area contributed by atoms with Crippen LogP contribution in [0.3, 0.4) is 0 Å². The number of rotatable bonds is 9. The summed E-state index contributed by atoms with van der Waals surface area (Å²) in [6, 6.07) is 16.8. The molecule has 0 bridgehead atoms. The third kappa shape index (κ3) is 5.70. The summed E-state index contributed by atoms with van der Waals surface area (Å²) in [4.78, 5) is 22.3. The number of ether oxygens (including phenoxy) is 1. The molecule has 7 heteroatoms.